The van der Waals surface area contributed by atoms with E-state index in [0.29, 0.717) is 6.42 Å². The summed E-state index contributed by atoms with van der Waals surface area (Å²) in [5, 5.41) is 0. The first-order valence-corrected chi connectivity index (χ1v) is 9.66. The van der Waals surface area contributed by atoms with Gasteiger partial charge in [0.15, 0.2) is 0 Å². The third kappa shape index (κ3) is 6.04. The monoisotopic (exact) mass is 381 g/mol. The van der Waals surface area contributed by atoms with Crippen molar-refractivity contribution in [2.75, 3.05) is 6.54 Å². The molecule has 1 amide bonds. The summed E-state index contributed by atoms with van der Waals surface area (Å²) in [7, 11) is 0. The molecule has 1 fully saturated rings. The van der Waals surface area contributed by atoms with E-state index in [0.717, 1.165) is 24.1 Å². The Labute approximate surface area is 168 Å². The summed E-state index contributed by atoms with van der Waals surface area (Å²) in [6.07, 6.45) is 3.28. The molecule has 150 valence electrons. The van der Waals surface area contributed by atoms with Gasteiger partial charge in [0, 0.05) is 13.0 Å². The van der Waals surface area contributed by atoms with Gasteiger partial charge < -0.3 is 4.90 Å². The number of nitrogens with zero attached hydrogens (tertiary/aromatic N) is 1. The van der Waals surface area contributed by atoms with Gasteiger partial charge in [-0.15, -0.1) is 0 Å². The molecule has 0 aromatic heterocycles. The molecule has 1 aliphatic heterocycles. The van der Waals surface area contributed by atoms with Crippen molar-refractivity contribution < 1.29 is 14.6 Å². The van der Waals surface area contributed by atoms with Gasteiger partial charge in [-0.3, -0.25) is 4.79 Å². The summed E-state index contributed by atoms with van der Waals surface area (Å²) in [5.74, 6) is 0.208. The van der Waals surface area contributed by atoms with E-state index in [9.17, 15) is 4.79 Å². The van der Waals surface area contributed by atoms with Gasteiger partial charge in [-0.25, -0.2) is 9.78 Å². The fourth-order valence-electron chi connectivity index (χ4n) is 2.85. The summed E-state index contributed by atoms with van der Waals surface area (Å²) >= 11 is 0. The minimum Gasteiger partial charge on any atom is -0.320 e. The number of amides is 1. The summed E-state index contributed by atoms with van der Waals surface area (Å²) in [5.41, 5.74) is 1.19. The summed E-state index contributed by atoms with van der Waals surface area (Å²) in [4.78, 5) is 23.8. The number of rotatable bonds is 6. The van der Waals surface area contributed by atoms with Crippen LogP contribution in [0.4, 0.5) is 0 Å². The third-order valence-corrected chi connectivity index (χ3v) is 4.73. The molecule has 0 atom stereocenters. The zero-order valence-electron chi connectivity index (χ0n) is 17.4. The summed E-state index contributed by atoms with van der Waals surface area (Å²) in [6.45, 7) is 12.4. The molecule has 2 aromatic carbocycles. The topological polar surface area (TPSA) is 38.8 Å². The zero-order chi connectivity index (χ0) is 20.6. The number of benzene rings is 2. The van der Waals surface area contributed by atoms with Crippen LogP contribution < -0.4 is 0 Å². The van der Waals surface area contributed by atoms with Crippen LogP contribution in [0.5, 0.6) is 0 Å². The van der Waals surface area contributed by atoms with Gasteiger partial charge in [0.1, 0.15) is 11.2 Å². The van der Waals surface area contributed by atoms with E-state index in [2.05, 4.69) is 6.58 Å². The van der Waals surface area contributed by atoms with Crippen molar-refractivity contribution in [1.82, 2.24) is 4.90 Å². The van der Waals surface area contributed by atoms with Crippen molar-refractivity contribution in [2.45, 2.75) is 51.7 Å². The number of hydrogen-bond acceptors (Lipinski definition) is 3. The van der Waals surface area contributed by atoms with Gasteiger partial charge in [-0.2, -0.15) is 0 Å². The molecule has 1 aliphatic rings. The van der Waals surface area contributed by atoms with Crippen molar-refractivity contribution in [3.63, 3.8) is 0 Å². The number of hydrogen-bond donors (Lipinski definition) is 0. The second kappa shape index (κ2) is 9.67. The van der Waals surface area contributed by atoms with E-state index in [-0.39, 0.29) is 5.91 Å². The van der Waals surface area contributed by atoms with Gasteiger partial charge in [0.05, 0.1) is 0 Å². The highest BCUT2D eigenvalue weighted by Gasteiger charge is 2.29. The Morgan fingerprint density at radius 1 is 0.857 bits per heavy atom. The fraction of sp³-hybridized carbons (Fsp3) is 0.375. The Hall–Kier alpha value is -2.43. The molecule has 4 heteroatoms. The molecule has 2 aromatic rings. The number of carbonyl (C=O) groups excluding carboxylic acids is 1. The van der Waals surface area contributed by atoms with Gasteiger partial charge in [-0.05, 0) is 51.4 Å². The van der Waals surface area contributed by atoms with Crippen LogP contribution in [-0.4, -0.2) is 17.4 Å². The van der Waals surface area contributed by atoms with E-state index in [4.69, 9.17) is 9.78 Å². The van der Waals surface area contributed by atoms with Gasteiger partial charge in [0.2, 0.25) is 5.91 Å². The van der Waals surface area contributed by atoms with Crippen molar-refractivity contribution in [3.05, 3.63) is 84.6 Å². The normalized spacial score (nSPS) is 14.4. The molecular formula is C24H31NO3. The molecule has 0 spiro atoms. The smallest absolute Gasteiger partial charge is 0.226 e. The molecule has 1 heterocycles. The summed E-state index contributed by atoms with van der Waals surface area (Å²) < 4.78 is 0. The van der Waals surface area contributed by atoms with Crippen LogP contribution >= 0.6 is 0 Å². The highest BCUT2D eigenvalue weighted by molar-refractivity contribution is 5.78. The zero-order valence-corrected chi connectivity index (χ0v) is 17.4. The van der Waals surface area contributed by atoms with Gasteiger partial charge >= 0.3 is 0 Å². The maximum Gasteiger partial charge on any atom is 0.226 e. The number of likely N-dealkylation sites (tertiary alicyclic amines) is 1. The third-order valence-electron chi connectivity index (χ3n) is 4.73. The average molecular weight is 382 g/mol. The van der Waals surface area contributed by atoms with Crippen molar-refractivity contribution in [3.8, 4) is 0 Å². The van der Waals surface area contributed by atoms with Gasteiger partial charge in [0.25, 0.3) is 0 Å². The van der Waals surface area contributed by atoms with Crippen LogP contribution in [0.1, 0.15) is 51.7 Å². The lowest BCUT2D eigenvalue weighted by Gasteiger charge is -2.31. The first kappa shape index (κ1) is 21.9. The molecule has 0 unspecified atom stereocenters. The molecule has 0 aliphatic carbocycles. The van der Waals surface area contributed by atoms with E-state index < -0.39 is 11.2 Å². The lowest BCUT2D eigenvalue weighted by Crippen LogP contribution is -2.29. The van der Waals surface area contributed by atoms with Crippen LogP contribution in [0, 0.1) is 0 Å². The largest absolute Gasteiger partial charge is 0.320 e. The maximum atomic E-state index is 10.7. The highest BCUT2D eigenvalue weighted by atomic mass is 17.2. The second-order valence-electron chi connectivity index (χ2n) is 7.79. The first-order valence-electron chi connectivity index (χ1n) is 9.66. The molecule has 3 rings (SSSR count). The minimum atomic E-state index is -0.493. The van der Waals surface area contributed by atoms with E-state index in [1.165, 1.54) is 0 Å². The Morgan fingerprint density at radius 3 is 1.57 bits per heavy atom. The standard InChI is InChI=1S/C18H22O2.C6H9NO/c1-17(2,15-11-7-5-8-12-15)19-20-18(3,4)16-13-9-6-10-14-16;1-2-7-5-3-4-6(7)8/h5-14H,1-4H3;2H,1,3-5H2. The Morgan fingerprint density at radius 2 is 1.29 bits per heavy atom. The molecule has 4 nitrogen and oxygen atoms in total. The van der Waals surface area contributed by atoms with Gasteiger partial charge in [-0.1, -0.05) is 67.2 Å². The fourth-order valence-corrected chi connectivity index (χ4v) is 2.85. The van der Waals surface area contributed by atoms with Crippen LogP contribution in [0.2, 0.25) is 0 Å². The molecule has 1 saturated heterocycles. The lowest BCUT2D eigenvalue weighted by molar-refractivity contribution is -0.410. The average Bonchev–Trinajstić information content (AvgIpc) is 3.13. The quantitative estimate of drug-likeness (QED) is 0.486. The maximum absolute atomic E-state index is 10.7. The van der Waals surface area contributed by atoms with Crippen molar-refractivity contribution >= 4 is 5.91 Å². The van der Waals surface area contributed by atoms with Crippen LogP contribution in [0.3, 0.4) is 0 Å². The SMILES string of the molecule is C=CN1CCCC1=O.CC(C)(OOC(C)(C)c1ccccc1)c1ccccc1. The van der Waals surface area contributed by atoms with E-state index >= 15 is 0 Å². The highest BCUT2D eigenvalue weighted by Crippen LogP contribution is 2.31. The van der Waals surface area contributed by atoms with Crippen LogP contribution in [0.25, 0.3) is 0 Å². The predicted molar refractivity (Wildman–Crippen MR) is 112 cm³/mol. The van der Waals surface area contributed by atoms with Crippen LogP contribution in [-0.2, 0) is 25.8 Å². The summed E-state index contributed by atoms with van der Waals surface area (Å²) in [6, 6.07) is 20.2. The van der Waals surface area contributed by atoms with Crippen molar-refractivity contribution in [2.24, 2.45) is 0 Å². The lowest BCUT2D eigenvalue weighted by atomic mass is 9.98. The Bertz CT molecular complexity index is 702. The molecule has 28 heavy (non-hydrogen) atoms. The molecular weight excluding hydrogens is 350 g/mol. The molecule has 0 radical (unpaired) electrons. The first-order chi connectivity index (χ1) is 13.3. The van der Waals surface area contributed by atoms with E-state index in [1.807, 2.05) is 88.4 Å². The number of carbonyl (C=O) groups is 1. The molecule has 0 N–H and O–H groups in total. The Kier molecular flexibility index (Phi) is 7.55. The van der Waals surface area contributed by atoms with Crippen LogP contribution in [0.15, 0.2) is 73.4 Å². The second-order valence-corrected chi connectivity index (χ2v) is 7.79. The van der Waals surface area contributed by atoms with Crippen molar-refractivity contribution in [1.29, 1.82) is 0 Å². The Balaban J connectivity index is 0.000000292. The predicted octanol–water partition coefficient (Wildman–Crippen LogP) is 5.56. The molecule has 0 bridgehead atoms. The molecule has 0 saturated carbocycles. The van der Waals surface area contributed by atoms with E-state index in [1.54, 1.807) is 11.1 Å². The minimum absolute atomic E-state index is 0.208.